The molecule has 0 unspecified atom stereocenters. The first-order valence-electron chi connectivity index (χ1n) is 10.6. The Hall–Kier alpha value is -2.81. The van der Waals surface area contributed by atoms with Crippen molar-refractivity contribution >= 4 is 98.4 Å². The number of fused-ring (bicyclic) bond motifs is 1. The average molecular weight is 573 g/mol. The molecule has 2 amide bonds. The van der Waals surface area contributed by atoms with Crippen LogP contribution in [0.1, 0.15) is 5.56 Å². The van der Waals surface area contributed by atoms with Gasteiger partial charge in [-0.2, -0.15) is 0 Å². The van der Waals surface area contributed by atoms with Gasteiger partial charge in [-0.05, 0) is 60.8 Å². The van der Waals surface area contributed by atoms with Crippen molar-refractivity contribution in [2.75, 3.05) is 4.90 Å². The largest absolute Gasteiger partial charge is 0.338 e. The van der Waals surface area contributed by atoms with Crippen LogP contribution in [0.4, 0.5) is 5.69 Å². The van der Waals surface area contributed by atoms with Gasteiger partial charge in [-0.1, -0.05) is 70.8 Å². The molecule has 4 aromatic rings. The number of thiocarbonyl (C=S) groups is 1. The van der Waals surface area contributed by atoms with Gasteiger partial charge in [0.25, 0.3) is 11.8 Å². The molecule has 0 atom stereocenters. The highest BCUT2D eigenvalue weighted by Gasteiger charge is 2.35. The fraction of sp³-hybridized carbons (Fsp3) is 0.0385. The Morgan fingerprint density at radius 3 is 2.28 bits per heavy atom. The van der Waals surface area contributed by atoms with Gasteiger partial charge in [0.05, 0.1) is 25.7 Å². The summed E-state index contributed by atoms with van der Waals surface area (Å²) in [5.74, 6) is -1.11. The fourth-order valence-corrected chi connectivity index (χ4v) is 6.04. The Kier molecular flexibility index (Phi) is 6.85. The van der Waals surface area contributed by atoms with Gasteiger partial charge >= 0.3 is 0 Å². The number of aryl methyl sites for hydroxylation is 1. The highest BCUT2D eigenvalue weighted by Crippen LogP contribution is 2.43. The zero-order valence-electron chi connectivity index (χ0n) is 18.6. The minimum atomic E-state index is -0.574. The van der Waals surface area contributed by atoms with Crippen LogP contribution in [0.2, 0.25) is 15.1 Å². The Morgan fingerprint density at radius 2 is 1.58 bits per heavy atom. The maximum Gasteiger partial charge on any atom is 0.270 e. The van der Waals surface area contributed by atoms with E-state index in [4.69, 9.17) is 47.0 Å². The van der Waals surface area contributed by atoms with Crippen molar-refractivity contribution < 1.29 is 9.59 Å². The number of aromatic nitrogens is 1. The lowest BCUT2D eigenvalue weighted by Crippen LogP contribution is -2.54. The van der Waals surface area contributed by atoms with E-state index < -0.39 is 11.8 Å². The molecule has 1 fully saturated rings. The second-order valence-corrected chi connectivity index (χ2v) is 10.5. The summed E-state index contributed by atoms with van der Waals surface area (Å²) in [6.45, 7) is 0. The van der Waals surface area contributed by atoms with Gasteiger partial charge in [-0.15, -0.1) is 0 Å². The number of nitrogens with zero attached hydrogens (tertiary/aromatic N) is 2. The molecule has 3 aromatic carbocycles. The van der Waals surface area contributed by atoms with Crippen molar-refractivity contribution in [3.63, 3.8) is 0 Å². The molecule has 0 bridgehead atoms. The number of carbonyl (C=O) groups is 2. The maximum atomic E-state index is 13.6. The Balaban J connectivity index is 1.67. The molecule has 5 rings (SSSR count). The van der Waals surface area contributed by atoms with Crippen molar-refractivity contribution in [3.05, 3.63) is 92.9 Å². The number of anilines is 1. The van der Waals surface area contributed by atoms with Crippen LogP contribution in [0.15, 0.2) is 82.2 Å². The summed E-state index contributed by atoms with van der Waals surface area (Å²) in [7, 11) is 1.91. The van der Waals surface area contributed by atoms with Crippen molar-refractivity contribution in [3.8, 4) is 0 Å². The van der Waals surface area contributed by atoms with Crippen molar-refractivity contribution in [2.24, 2.45) is 7.05 Å². The van der Waals surface area contributed by atoms with E-state index >= 15 is 0 Å². The molecule has 2 heterocycles. The monoisotopic (exact) mass is 571 g/mol. The van der Waals surface area contributed by atoms with Crippen molar-refractivity contribution in [1.29, 1.82) is 0 Å². The van der Waals surface area contributed by atoms with E-state index in [0.717, 1.165) is 15.9 Å². The SMILES string of the molecule is Cn1c(Sc2c(Cl)cccc2Cl)c(/C=C2\C(=O)NC(=S)N(c3ccc(Cl)cc3)C2=O)c2ccccc21. The quantitative estimate of drug-likeness (QED) is 0.161. The molecule has 5 nitrogen and oxygen atoms in total. The molecule has 1 saturated heterocycles. The van der Waals surface area contributed by atoms with E-state index in [2.05, 4.69) is 5.32 Å². The van der Waals surface area contributed by atoms with E-state index in [-0.39, 0.29) is 10.7 Å². The predicted molar refractivity (Wildman–Crippen MR) is 151 cm³/mol. The third-order valence-corrected chi connectivity index (χ3v) is 8.41. The van der Waals surface area contributed by atoms with E-state index in [0.29, 0.717) is 31.2 Å². The van der Waals surface area contributed by atoms with Crippen molar-refractivity contribution in [1.82, 2.24) is 9.88 Å². The third kappa shape index (κ3) is 4.42. The van der Waals surface area contributed by atoms with Gasteiger partial charge in [0.15, 0.2) is 5.11 Å². The summed E-state index contributed by atoms with van der Waals surface area (Å²) < 4.78 is 1.98. The molecule has 10 heteroatoms. The number of benzene rings is 3. The van der Waals surface area contributed by atoms with Gasteiger partial charge in [0.1, 0.15) is 5.57 Å². The van der Waals surface area contributed by atoms with E-state index in [1.807, 2.05) is 35.9 Å². The normalized spacial score (nSPS) is 15.2. The summed E-state index contributed by atoms with van der Waals surface area (Å²) in [5.41, 5.74) is 2.05. The van der Waals surface area contributed by atoms with Crippen LogP contribution < -0.4 is 10.2 Å². The minimum absolute atomic E-state index is 0.000148. The number of nitrogens with one attached hydrogen (secondary N) is 1. The Labute approximate surface area is 231 Å². The molecular weight excluding hydrogens is 557 g/mol. The lowest BCUT2D eigenvalue weighted by atomic mass is 10.1. The highest BCUT2D eigenvalue weighted by atomic mass is 35.5. The number of rotatable bonds is 4. The molecule has 0 spiro atoms. The molecule has 180 valence electrons. The van der Waals surface area contributed by atoms with Crippen LogP contribution in [0.3, 0.4) is 0 Å². The van der Waals surface area contributed by atoms with Gasteiger partial charge < -0.3 is 4.57 Å². The van der Waals surface area contributed by atoms with Crippen LogP contribution in [0.25, 0.3) is 17.0 Å². The number of hydrogen-bond donors (Lipinski definition) is 1. The van der Waals surface area contributed by atoms with Crippen molar-refractivity contribution in [2.45, 2.75) is 9.92 Å². The first-order chi connectivity index (χ1) is 17.3. The first kappa shape index (κ1) is 24.9. The van der Waals surface area contributed by atoms with Gasteiger partial charge in [-0.25, -0.2) is 0 Å². The lowest BCUT2D eigenvalue weighted by molar-refractivity contribution is -0.122. The summed E-state index contributed by atoms with van der Waals surface area (Å²) in [4.78, 5) is 28.5. The third-order valence-electron chi connectivity index (χ3n) is 5.68. The zero-order valence-corrected chi connectivity index (χ0v) is 22.5. The topological polar surface area (TPSA) is 54.3 Å². The second kappa shape index (κ2) is 9.92. The fourth-order valence-electron chi connectivity index (χ4n) is 3.97. The molecule has 36 heavy (non-hydrogen) atoms. The van der Waals surface area contributed by atoms with E-state index in [1.165, 1.54) is 16.7 Å². The molecule has 1 N–H and O–H groups in total. The zero-order chi connectivity index (χ0) is 25.6. The minimum Gasteiger partial charge on any atom is -0.338 e. The second-order valence-electron chi connectivity index (χ2n) is 7.88. The smallest absolute Gasteiger partial charge is 0.270 e. The van der Waals surface area contributed by atoms with Crippen LogP contribution in [0.5, 0.6) is 0 Å². The summed E-state index contributed by atoms with van der Waals surface area (Å²) in [5, 5.41) is 5.78. The summed E-state index contributed by atoms with van der Waals surface area (Å²) in [6, 6.07) is 19.7. The highest BCUT2D eigenvalue weighted by molar-refractivity contribution is 7.99. The molecule has 0 aliphatic carbocycles. The Bertz CT molecular complexity index is 1580. The summed E-state index contributed by atoms with van der Waals surface area (Å²) >= 11 is 25.6. The van der Waals surface area contributed by atoms with Gasteiger partial charge in [0.2, 0.25) is 0 Å². The van der Waals surface area contributed by atoms with E-state index in [1.54, 1.807) is 48.5 Å². The van der Waals surface area contributed by atoms with Crippen LogP contribution in [0, 0.1) is 0 Å². The Morgan fingerprint density at radius 1 is 0.917 bits per heavy atom. The standard InChI is InChI=1S/C26H16Cl3N3O2S2/c1-31-21-8-3-2-5-16(21)17(25(31)36-22-19(28)6-4-7-20(22)29)13-18-23(33)30-26(35)32(24(18)34)15-11-9-14(27)10-12-15/h2-13H,1H3,(H,30,33,35)/b18-13+. The maximum absolute atomic E-state index is 13.6. The molecule has 1 aromatic heterocycles. The van der Waals surface area contributed by atoms with Crippen LogP contribution in [-0.4, -0.2) is 21.5 Å². The van der Waals surface area contributed by atoms with Crippen LogP contribution in [-0.2, 0) is 16.6 Å². The number of para-hydroxylation sites is 1. The molecular formula is C26H16Cl3N3O2S2. The lowest BCUT2D eigenvalue weighted by Gasteiger charge is -2.29. The molecule has 0 saturated carbocycles. The van der Waals surface area contributed by atoms with Crippen LogP contribution >= 0.6 is 58.8 Å². The summed E-state index contributed by atoms with van der Waals surface area (Å²) in [6.07, 6.45) is 1.60. The first-order valence-corrected chi connectivity index (χ1v) is 13.0. The average Bonchev–Trinajstić information content (AvgIpc) is 3.11. The molecule has 1 aliphatic heterocycles. The number of hydrogen-bond acceptors (Lipinski definition) is 4. The number of carbonyl (C=O) groups excluding carboxylic acids is 2. The molecule has 0 radical (unpaired) electrons. The van der Waals surface area contributed by atoms with E-state index in [9.17, 15) is 9.59 Å². The van der Waals surface area contributed by atoms with Gasteiger partial charge in [-0.3, -0.25) is 19.8 Å². The number of amides is 2. The predicted octanol–water partition coefficient (Wildman–Crippen LogP) is 7.12. The number of halogens is 3. The van der Waals surface area contributed by atoms with Gasteiger partial charge in [0, 0.05) is 28.5 Å². The molecule has 1 aliphatic rings.